The van der Waals surface area contributed by atoms with Crippen LogP contribution in [0.4, 0.5) is 0 Å². The fourth-order valence-electron chi connectivity index (χ4n) is 2.40. The van der Waals surface area contributed by atoms with Crippen molar-refractivity contribution in [3.8, 4) is 0 Å². The number of carbonyl (C=O) groups is 1. The SMILES string of the molecule is Cc1ccc(CCC(=O)N2CCC[C@@H](N)C2)cc1. The van der Waals surface area contributed by atoms with Crippen molar-refractivity contribution in [2.45, 2.75) is 38.6 Å². The van der Waals surface area contributed by atoms with Gasteiger partial charge in [-0.2, -0.15) is 0 Å². The van der Waals surface area contributed by atoms with Crippen LogP contribution in [0.5, 0.6) is 0 Å². The van der Waals surface area contributed by atoms with Crippen molar-refractivity contribution in [3.63, 3.8) is 0 Å². The highest BCUT2D eigenvalue weighted by atomic mass is 16.2. The summed E-state index contributed by atoms with van der Waals surface area (Å²) in [5.74, 6) is 0.241. The van der Waals surface area contributed by atoms with Gasteiger partial charge in [-0.15, -0.1) is 0 Å². The maximum absolute atomic E-state index is 12.1. The van der Waals surface area contributed by atoms with Gasteiger partial charge in [0.25, 0.3) is 0 Å². The number of amides is 1. The van der Waals surface area contributed by atoms with Crippen molar-refractivity contribution >= 4 is 5.91 Å². The van der Waals surface area contributed by atoms with E-state index in [-0.39, 0.29) is 11.9 Å². The van der Waals surface area contributed by atoms with Gasteiger partial charge in [-0.3, -0.25) is 4.79 Å². The lowest BCUT2D eigenvalue weighted by Crippen LogP contribution is -2.45. The molecule has 1 amide bonds. The molecule has 1 aromatic rings. The number of hydrogen-bond acceptors (Lipinski definition) is 2. The third kappa shape index (κ3) is 3.57. The second kappa shape index (κ2) is 6.01. The van der Waals surface area contributed by atoms with E-state index in [0.717, 1.165) is 32.4 Å². The van der Waals surface area contributed by atoms with Gasteiger partial charge < -0.3 is 10.6 Å². The Labute approximate surface area is 109 Å². The van der Waals surface area contributed by atoms with Crippen molar-refractivity contribution in [3.05, 3.63) is 35.4 Å². The van der Waals surface area contributed by atoms with E-state index in [9.17, 15) is 4.79 Å². The number of likely N-dealkylation sites (tertiary alicyclic amines) is 1. The van der Waals surface area contributed by atoms with Crippen LogP contribution in [0.15, 0.2) is 24.3 Å². The van der Waals surface area contributed by atoms with Gasteiger partial charge in [-0.05, 0) is 31.7 Å². The van der Waals surface area contributed by atoms with Crippen molar-refractivity contribution < 1.29 is 4.79 Å². The molecule has 1 aromatic carbocycles. The number of benzene rings is 1. The molecule has 0 aliphatic carbocycles. The molecular formula is C15H22N2O. The van der Waals surface area contributed by atoms with Gasteiger partial charge in [0, 0.05) is 25.6 Å². The summed E-state index contributed by atoms with van der Waals surface area (Å²) in [7, 11) is 0. The summed E-state index contributed by atoms with van der Waals surface area (Å²) < 4.78 is 0. The van der Waals surface area contributed by atoms with E-state index < -0.39 is 0 Å². The van der Waals surface area contributed by atoms with Gasteiger partial charge in [0.2, 0.25) is 5.91 Å². The zero-order valence-electron chi connectivity index (χ0n) is 11.1. The summed E-state index contributed by atoms with van der Waals surface area (Å²) >= 11 is 0. The summed E-state index contributed by atoms with van der Waals surface area (Å²) in [6.07, 6.45) is 3.50. The molecule has 0 aromatic heterocycles. The van der Waals surface area contributed by atoms with Gasteiger partial charge in [0.15, 0.2) is 0 Å². The minimum absolute atomic E-state index is 0.169. The van der Waals surface area contributed by atoms with E-state index in [1.54, 1.807) is 0 Å². The van der Waals surface area contributed by atoms with E-state index in [2.05, 4.69) is 31.2 Å². The molecular weight excluding hydrogens is 224 g/mol. The topological polar surface area (TPSA) is 46.3 Å². The molecule has 1 atom stereocenters. The predicted molar refractivity (Wildman–Crippen MR) is 73.3 cm³/mol. The smallest absolute Gasteiger partial charge is 0.222 e. The Bertz CT molecular complexity index is 399. The number of nitrogens with zero attached hydrogens (tertiary/aromatic N) is 1. The molecule has 0 unspecified atom stereocenters. The van der Waals surface area contributed by atoms with Gasteiger partial charge >= 0.3 is 0 Å². The van der Waals surface area contributed by atoms with Crippen LogP contribution in [0.1, 0.15) is 30.4 Å². The third-order valence-electron chi connectivity index (χ3n) is 3.56. The minimum atomic E-state index is 0.169. The number of carbonyl (C=O) groups excluding carboxylic acids is 1. The summed E-state index contributed by atoms with van der Waals surface area (Å²) in [6, 6.07) is 8.56. The second-order valence-corrected chi connectivity index (χ2v) is 5.23. The maximum atomic E-state index is 12.1. The van der Waals surface area contributed by atoms with Gasteiger partial charge in [0.05, 0.1) is 0 Å². The molecule has 1 fully saturated rings. The number of piperidine rings is 1. The summed E-state index contributed by atoms with van der Waals surface area (Å²) in [4.78, 5) is 14.0. The molecule has 3 nitrogen and oxygen atoms in total. The highest BCUT2D eigenvalue weighted by molar-refractivity contribution is 5.76. The Hall–Kier alpha value is -1.35. The number of hydrogen-bond donors (Lipinski definition) is 1. The Morgan fingerprint density at radius 1 is 1.39 bits per heavy atom. The average molecular weight is 246 g/mol. The van der Waals surface area contributed by atoms with Crippen LogP contribution in [0, 0.1) is 6.92 Å². The van der Waals surface area contributed by atoms with Crippen LogP contribution in [-0.2, 0) is 11.2 Å². The number of nitrogens with two attached hydrogens (primary N) is 1. The molecule has 0 saturated carbocycles. The molecule has 3 heteroatoms. The molecule has 1 saturated heterocycles. The Morgan fingerprint density at radius 2 is 2.11 bits per heavy atom. The molecule has 0 spiro atoms. The molecule has 0 radical (unpaired) electrons. The standard InChI is InChI=1S/C15H22N2O/c1-12-4-6-13(7-5-12)8-9-15(18)17-10-2-3-14(16)11-17/h4-7,14H,2-3,8-11,16H2,1H3/t14-/m1/s1. The highest BCUT2D eigenvalue weighted by Gasteiger charge is 2.20. The first-order chi connectivity index (χ1) is 8.65. The normalized spacial score (nSPS) is 19.9. The van der Waals surface area contributed by atoms with E-state index in [0.29, 0.717) is 6.42 Å². The monoisotopic (exact) mass is 246 g/mol. The molecule has 1 aliphatic heterocycles. The highest BCUT2D eigenvalue weighted by Crippen LogP contribution is 2.12. The van der Waals surface area contributed by atoms with E-state index >= 15 is 0 Å². The summed E-state index contributed by atoms with van der Waals surface area (Å²) in [5.41, 5.74) is 8.38. The fraction of sp³-hybridized carbons (Fsp3) is 0.533. The van der Waals surface area contributed by atoms with Crippen molar-refractivity contribution in [1.82, 2.24) is 4.90 Å². The van der Waals surface area contributed by atoms with Crippen molar-refractivity contribution in [1.29, 1.82) is 0 Å². The Morgan fingerprint density at radius 3 is 2.78 bits per heavy atom. The lowest BCUT2D eigenvalue weighted by molar-refractivity contribution is -0.132. The van der Waals surface area contributed by atoms with Gasteiger partial charge in [-0.1, -0.05) is 29.8 Å². The van der Waals surface area contributed by atoms with Gasteiger partial charge in [0.1, 0.15) is 0 Å². The number of aryl methyl sites for hydroxylation is 2. The quantitative estimate of drug-likeness (QED) is 0.885. The molecule has 98 valence electrons. The molecule has 2 rings (SSSR count). The minimum Gasteiger partial charge on any atom is -0.341 e. The Balaban J connectivity index is 1.82. The molecule has 1 heterocycles. The van der Waals surface area contributed by atoms with Crippen molar-refractivity contribution in [2.75, 3.05) is 13.1 Å². The molecule has 0 bridgehead atoms. The van der Waals surface area contributed by atoms with Crippen LogP contribution in [0.25, 0.3) is 0 Å². The Kier molecular flexibility index (Phi) is 4.37. The van der Waals surface area contributed by atoms with Crippen LogP contribution in [0.3, 0.4) is 0 Å². The first-order valence-electron chi connectivity index (χ1n) is 6.74. The van der Waals surface area contributed by atoms with Crippen LogP contribution >= 0.6 is 0 Å². The number of rotatable bonds is 3. The summed E-state index contributed by atoms with van der Waals surface area (Å²) in [6.45, 7) is 3.68. The zero-order chi connectivity index (χ0) is 13.0. The van der Waals surface area contributed by atoms with Crippen LogP contribution < -0.4 is 5.73 Å². The van der Waals surface area contributed by atoms with Crippen molar-refractivity contribution in [2.24, 2.45) is 5.73 Å². The largest absolute Gasteiger partial charge is 0.341 e. The third-order valence-corrected chi connectivity index (χ3v) is 3.56. The maximum Gasteiger partial charge on any atom is 0.222 e. The summed E-state index contributed by atoms with van der Waals surface area (Å²) in [5, 5.41) is 0. The van der Waals surface area contributed by atoms with E-state index in [1.807, 2.05) is 4.90 Å². The van der Waals surface area contributed by atoms with Gasteiger partial charge in [-0.25, -0.2) is 0 Å². The molecule has 2 N–H and O–H groups in total. The lowest BCUT2D eigenvalue weighted by Gasteiger charge is -2.30. The first kappa shape index (κ1) is 13.1. The zero-order valence-corrected chi connectivity index (χ0v) is 11.1. The van der Waals surface area contributed by atoms with E-state index in [4.69, 9.17) is 5.73 Å². The fourth-order valence-corrected chi connectivity index (χ4v) is 2.40. The van der Waals surface area contributed by atoms with Crippen LogP contribution in [-0.4, -0.2) is 29.9 Å². The van der Waals surface area contributed by atoms with E-state index in [1.165, 1.54) is 11.1 Å². The molecule has 1 aliphatic rings. The van der Waals surface area contributed by atoms with Crippen LogP contribution in [0.2, 0.25) is 0 Å². The predicted octanol–water partition coefficient (Wildman–Crippen LogP) is 1.88. The first-order valence-corrected chi connectivity index (χ1v) is 6.74. The lowest BCUT2D eigenvalue weighted by atomic mass is 10.0. The second-order valence-electron chi connectivity index (χ2n) is 5.23. The average Bonchev–Trinajstić information content (AvgIpc) is 2.38. The molecule has 18 heavy (non-hydrogen) atoms.